The molecule has 3 aromatic rings. The van der Waals surface area contributed by atoms with E-state index < -0.39 is 4.92 Å². The van der Waals surface area contributed by atoms with E-state index in [4.69, 9.17) is 11.6 Å². The predicted molar refractivity (Wildman–Crippen MR) is 113 cm³/mol. The maximum Gasteiger partial charge on any atom is 0.441 e. The molecule has 2 aromatic heterocycles. The van der Waals surface area contributed by atoms with Crippen molar-refractivity contribution in [3.05, 3.63) is 94.4 Å². The number of halogens is 1. The summed E-state index contributed by atoms with van der Waals surface area (Å²) in [6, 6.07) is 11.4. The first kappa shape index (κ1) is 20.6. The van der Waals surface area contributed by atoms with Gasteiger partial charge in [0.2, 0.25) is 11.6 Å². The largest absolute Gasteiger partial charge is 0.441 e. The molecule has 0 fully saturated rings. The Kier molecular flexibility index (Phi) is 6.80. The van der Waals surface area contributed by atoms with Gasteiger partial charge in [-0.1, -0.05) is 23.7 Å². The zero-order valence-corrected chi connectivity index (χ0v) is 16.2. The van der Waals surface area contributed by atoms with Gasteiger partial charge in [-0.2, -0.15) is 0 Å². The standard InChI is InChI=1S/C20H15ClN6O3/c21-17-18(22-11-3-1-6-14-28)24-20(26-12-4-2-5-13-26)25-19(17)23-15-7-9-16(10-8-15)27(29)30/h1-14H,(H-,22,23,24,25,28)/p+1. The lowest BCUT2D eigenvalue weighted by Gasteiger charge is -2.07. The van der Waals surface area contributed by atoms with Crippen molar-refractivity contribution in [1.82, 2.24) is 9.97 Å². The summed E-state index contributed by atoms with van der Waals surface area (Å²) in [5.41, 5.74) is 0.548. The van der Waals surface area contributed by atoms with E-state index in [1.54, 1.807) is 47.4 Å². The third-order valence-electron chi connectivity index (χ3n) is 3.74. The summed E-state index contributed by atoms with van der Waals surface area (Å²) >= 11 is 6.46. The molecule has 10 heteroatoms. The number of nitro benzene ring substituents is 1. The lowest BCUT2D eigenvalue weighted by molar-refractivity contribution is -0.603. The van der Waals surface area contributed by atoms with Crippen LogP contribution < -0.4 is 15.2 Å². The number of allylic oxidation sites excluding steroid dienone is 3. The molecule has 2 N–H and O–H groups in total. The van der Waals surface area contributed by atoms with E-state index in [1.165, 1.54) is 18.2 Å². The Bertz CT molecular complexity index is 1100. The third-order valence-corrected chi connectivity index (χ3v) is 4.10. The smallest absolute Gasteiger partial charge is 0.331 e. The number of hydrogen-bond acceptors (Lipinski definition) is 7. The van der Waals surface area contributed by atoms with Crippen LogP contribution in [0.2, 0.25) is 5.02 Å². The average Bonchev–Trinajstić information content (AvgIpc) is 2.77. The number of carbonyl (C=O) groups excluding carboxylic acids is 1. The van der Waals surface area contributed by atoms with Gasteiger partial charge in [0.1, 0.15) is 6.29 Å². The summed E-state index contributed by atoms with van der Waals surface area (Å²) in [6.07, 6.45) is 10.3. The van der Waals surface area contributed by atoms with E-state index in [9.17, 15) is 14.9 Å². The summed E-state index contributed by atoms with van der Waals surface area (Å²) < 4.78 is 1.71. The molecule has 0 aliphatic rings. The van der Waals surface area contributed by atoms with Crippen LogP contribution in [0.3, 0.4) is 0 Å². The van der Waals surface area contributed by atoms with Gasteiger partial charge in [0.15, 0.2) is 5.02 Å². The molecule has 3 rings (SSSR count). The monoisotopic (exact) mass is 423 g/mol. The number of pyridine rings is 1. The number of benzene rings is 1. The van der Waals surface area contributed by atoms with Crippen LogP contribution in [0.15, 0.2) is 79.3 Å². The molecule has 0 radical (unpaired) electrons. The van der Waals surface area contributed by atoms with Gasteiger partial charge in [-0.15, -0.1) is 0 Å². The van der Waals surface area contributed by atoms with Crippen LogP contribution in [0.4, 0.5) is 23.0 Å². The number of carbonyl (C=O) groups is 1. The highest BCUT2D eigenvalue weighted by Gasteiger charge is 2.22. The molecular formula is C20H16ClN6O3+. The van der Waals surface area contributed by atoms with E-state index in [-0.39, 0.29) is 10.7 Å². The van der Waals surface area contributed by atoms with E-state index in [2.05, 4.69) is 20.6 Å². The minimum Gasteiger partial charge on any atom is -0.331 e. The number of nitrogens with zero attached hydrogens (tertiary/aromatic N) is 4. The summed E-state index contributed by atoms with van der Waals surface area (Å²) in [5.74, 6) is 0.994. The number of nitro groups is 1. The normalized spacial score (nSPS) is 11.0. The molecule has 1 aromatic carbocycles. The highest BCUT2D eigenvalue weighted by atomic mass is 35.5. The molecule has 0 atom stereocenters. The number of aldehydes is 1. The van der Waals surface area contributed by atoms with E-state index in [0.717, 1.165) is 0 Å². The van der Waals surface area contributed by atoms with Crippen LogP contribution in [-0.2, 0) is 4.79 Å². The Morgan fingerprint density at radius 2 is 1.70 bits per heavy atom. The Morgan fingerprint density at radius 3 is 2.37 bits per heavy atom. The van der Waals surface area contributed by atoms with E-state index in [1.807, 2.05) is 18.2 Å². The number of anilines is 3. The Labute approximate surface area is 176 Å². The number of hydrogen-bond donors (Lipinski definition) is 2. The highest BCUT2D eigenvalue weighted by molar-refractivity contribution is 6.35. The summed E-state index contributed by atoms with van der Waals surface area (Å²) in [7, 11) is 0. The van der Waals surface area contributed by atoms with Crippen molar-refractivity contribution < 1.29 is 14.3 Å². The first-order valence-corrected chi connectivity index (χ1v) is 9.05. The number of rotatable bonds is 8. The highest BCUT2D eigenvalue weighted by Crippen LogP contribution is 2.30. The lowest BCUT2D eigenvalue weighted by atomic mass is 10.3. The first-order valence-electron chi connectivity index (χ1n) is 8.67. The van der Waals surface area contributed by atoms with Gasteiger partial charge in [-0.3, -0.25) is 14.9 Å². The summed E-state index contributed by atoms with van der Waals surface area (Å²) in [5, 5.41) is 17.1. The first-order chi connectivity index (χ1) is 14.6. The molecule has 0 unspecified atom stereocenters. The van der Waals surface area contributed by atoms with Crippen molar-refractivity contribution in [2.24, 2.45) is 0 Å². The molecular weight excluding hydrogens is 408 g/mol. The maximum atomic E-state index is 10.8. The quantitative estimate of drug-likeness (QED) is 0.142. The van der Waals surface area contributed by atoms with Crippen molar-refractivity contribution in [2.75, 3.05) is 10.6 Å². The van der Waals surface area contributed by atoms with Gasteiger partial charge in [0.25, 0.3) is 5.69 Å². The van der Waals surface area contributed by atoms with Gasteiger partial charge in [-0.25, -0.2) is 4.57 Å². The van der Waals surface area contributed by atoms with Crippen LogP contribution in [-0.4, -0.2) is 21.2 Å². The molecule has 150 valence electrons. The van der Waals surface area contributed by atoms with Gasteiger partial charge in [0, 0.05) is 24.0 Å². The topological polar surface area (TPSA) is 114 Å². The van der Waals surface area contributed by atoms with Gasteiger partial charge in [-0.05, 0) is 46.4 Å². The minimum atomic E-state index is -0.473. The molecule has 2 heterocycles. The van der Waals surface area contributed by atoms with Crippen molar-refractivity contribution >= 4 is 40.9 Å². The number of non-ortho nitro benzene ring substituents is 1. The molecule has 0 amide bonds. The SMILES string of the molecule is O=CC=CC=CNc1nc(-[n+]2ccccc2)nc(Nc2ccc([N+](=O)[O-])cc2)c1Cl. The van der Waals surface area contributed by atoms with Crippen molar-refractivity contribution in [2.45, 2.75) is 0 Å². The molecule has 0 bridgehead atoms. The third kappa shape index (κ3) is 5.24. The zero-order chi connectivity index (χ0) is 21.3. The second-order valence-corrected chi connectivity index (χ2v) is 6.15. The summed E-state index contributed by atoms with van der Waals surface area (Å²) in [6.45, 7) is 0. The maximum absolute atomic E-state index is 10.8. The van der Waals surface area contributed by atoms with Crippen LogP contribution in [0.1, 0.15) is 0 Å². The number of nitrogens with one attached hydrogen (secondary N) is 2. The fourth-order valence-electron chi connectivity index (χ4n) is 2.36. The minimum absolute atomic E-state index is 0.0225. The van der Waals surface area contributed by atoms with Crippen LogP contribution in [0, 0.1) is 10.1 Å². The van der Waals surface area contributed by atoms with Gasteiger partial charge < -0.3 is 10.6 Å². The number of aromatic nitrogens is 3. The van der Waals surface area contributed by atoms with Crippen LogP contribution >= 0.6 is 11.6 Å². The molecule has 9 nitrogen and oxygen atoms in total. The Hall–Kier alpha value is -4.11. The van der Waals surface area contributed by atoms with Crippen molar-refractivity contribution in [1.29, 1.82) is 0 Å². The van der Waals surface area contributed by atoms with Crippen LogP contribution in [0.5, 0.6) is 0 Å². The molecule has 30 heavy (non-hydrogen) atoms. The summed E-state index contributed by atoms with van der Waals surface area (Å²) in [4.78, 5) is 29.6. The molecule has 0 saturated carbocycles. The lowest BCUT2D eigenvalue weighted by Crippen LogP contribution is -2.32. The van der Waals surface area contributed by atoms with E-state index in [0.29, 0.717) is 29.6 Å². The van der Waals surface area contributed by atoms with Gasteiger partial charge in [0.05, 0.1) is 17.3 Å². The van der Waals surface area contributed by atoms with Crippen molar-refractivity contribution in [3.8, 4) is 5.95 Å². The molecule has 0 aliphatic heterocycles. The molecule has 0 spiro atoms. The Balaban J connectivity index is 1.96. The van der Waals surface area contributed by atoms with Gasteiger partial charge >= 0.3 is 5.95 Å². The molecule has 0 aliphatic carbocycles. The average molecular weight is 424 g/mol. The predicted octanol–water partition coefficient (Wildman–Crippen LogP) is 3.74. The second kappa shape index (κ2) is 9.89. The van der Waals surface area contributed by atoms with E-state index >= 15 is 0 Å². The second-order valence-electron chi connectivity index (χ2n) is 5.77. The fourth-order valence-corrected chi connectivity index (χ4v) is 2.54. The molecule has 0 saturated heterocycles. The van der Waals surface area contributed by atoms with Crippen molar-refractivity contribution in [3.63, 3.8) is 0 Å². The zero-order valence-electron chi connectivity index (χ0n) is 15.5. The fraction of sp³-hybridized carbons (Fsp3) is 0. The Morgan fingerprint density at radius 1 is 1.00 bits per heavy atom. The van der Waals surface area contributed by atoms with Crippen LogP contribution in [0.25, 0.3) is 5.95 Å².